The van der Waals surface area contributed by atoms with Gasteiger partial charge in [0, 0.05) is 31.7 Å². The zero-order valence-corrected chi connectivity index (χ0v) is 17.5. The van der Waals surface area contributed by atoms with Crippen LogP contribution in [0.15, 0.2) is 51.5 Å². The highest BCUT2D eigenvalue weighted by atomic mass is 15.1. The fourth-order valence-corrected chi connectivity index (χ4v) is 3.49. The fraction of sp³-hybridized carbons (Fsp3) is 0.435. The lowest BCUT2D eigenvalue weighted by Crippen LogP contribution is -2.25. The molecule has 1 aromatic rings. The number of nitriles is 1. The fourth-order valence-electron chi connectivity index (χ4n) is 3.49. The van der Waals surface area contributed by atoms with Crippen LogP contribution in [-0.2, 0) is 6.42 Å². The van der Waals surface area contributed by atoms with Crippen molar-refractivity contribution < 1.29 is 0 Å². The second kappa shape index (κ2) is 10.6. The zero-order chi connectivity index (χ0) is 20.5. The Morgan fingerprint density at radius 3 is 2.68 bits per heavy atom. The van der Waals surface area contributed by atoms with Crippen LogP contribution < -0.4 is 10.6 Å². The highest BCUT2D eigenvalue weighted by molar-refractivity contribution is 6.24. The Hall–Kier alpha value is -2.71. The van der Waals surface area contributed by atoms with Gasteiger partial charge in [0.1, 0.15) is 0 Å². The molecule has 5 heteroatoms. The Morgan fingerprint density at radius 2 is 2.00 bits per heavy atom. The van der Waals surface area contributed by atoms with Gasteiger partial charge in [-0.25, -0.2) is 4.99 Å². The summed E-state index contributed by atoms with van der Waals surface area (Å²) in [5.41, 5.74) is 12.5. The third-order valence-corrected chi connectivity index (χ3v) is 4.76. The molecule has 0 unspecified atom stereocenters. The quantitative estimate of drug-likeness (QED) is 0.748. The summed E-state index contributed by atoms with van der Waals surface area (Å²) in [7, 11) is 1.50. The monoisotopic (exact) mass is 377 g/mol. The van der Waals surface area contributed by atoms with Crippen LogP contribution >= 0.6 is 0 Å². The van der Waals surface area contributed by atoms with Crippen molar-refractivity contribution >= 4 is 22.8 Å². The van der Waals surface area contributed by atoms with Gasteiger partial charge in [0.25, 0.3) is 0 Å². The topological polar surface area (TPSA) is 77.8 Å². The average Bonchev–Trinajstić information content (AvgIpc) is 2.71. The molecule has 1 aliphatic heterocycles. The van der Waals surface area contributed by atoms with E-state index in [0.29, 0.717) is 6.42 Å². The van der Waals surface area contributed by atoms with Gasteiger partial charge in [0.05, 0.1) is 29.6 Å². The smallest absolute Gasteiger partial charge is 0.0676 e. The molecule has 28 heavy (non-hydrogen) atoms. The van der Waals surface area contributed by atoms with Crippen LogP contribution in [0.5, 0.6) is 0 Å². The molecular formula is C23H31N5. The van der Waals surface area contributed by atoms with Gasteiger partial charge >= 0.3 is 0 Å². The lowest BCUT2D eigenvalue weighted by molar-refractivity contribution is 0.767. The molecule has 0 aromatic heterocycles. The molecule has 5 nitrogen and oxygen atoms in total. The Morgan fingerprint density at radius 1 is 1.21 bits per heavy atom. The summed E-state index contributed by atoms with van der Waals surface area (Å²) in [6.45, 7) is 8.87. The normalized spacial score (nSPS) is 15.9. The van der Waals surface area contributed by atoms with Crippen LogP contribution in [0.1, 0.15) is 39.2 Å². The van der Waals surface area contributed by atoms with Crippen LogP contribution in [0.2, 0.25) is 0 Å². The predicted molar refractivity (Wildman–Crippen MR) is 120 cm³/mol. The molecule has 148 valence electrons. The first-order valence-corrected chi connectivity index (χ1v) is 10.0. The van der Waals surface area contributed by atoms with Crippen molar-refractivity contribution in [2.45, 2.75) is 40.0 Å². The van der Waals surface area contributed by atoms with Gasteiger partial charge in [0.15, 0.2) is 0 Å². The number of nitrogens with zero attached hydrogens (tertiary/aromatic N) is 4. The molecule has 1 aromatic carbocycles. The van der Waals surface area contributed by atoms with Crippen LogP contribution in [0.3, 0.4) is 0 Å². The third kappa shape index (κ3) is 4.96. The molecule has 1 heterocycles. The highest BCUT2D eigenvalue weighted by Crippen LogP contribution is 2.34. The zero-order valence-electron chi connectivity index (χ0n) is 17.5. The molecule has 2 aliphatic rings. The molecule has 0 saturated carbocycles. The molecule has 0 spiro atoms. The average molecular weight is 378 g/mol. The largest absolute Gasteiger partial charge is 0.371 e. The minimum atomic E-state index is 0.547. The number of aliphatic imine (C=N–C) groups is 2. The van der Waals surface area contributed by atoms with E-state index in [9.17, 15) is 0 Å². The molecule has 1 aliphatic carbocycles. The van der Waals surface area contributed by atoms with Crippen molar-refractivity contribution in [3.8, 4) is 6.07 Å². The van der Waals surface area contributed by atoms with E-state index >= 15 is 0 Å². The van der Waals surface area contributed by atoms with Crippen molar-refractivity contribution in [2.75, 3.05) is 31.6 Å². The lowest BCUT2D eigenvalue weighted by Gasteiger charge is -2.26. The van der Waals surface area contributed by atoms with E-state index in [-0.39, 0.29) is 0 Å². The molecule has 0 bridgehead atoms. The molecule has 0 saturated heterocycles. The van der Waals surface area contributed by atoms with E-state index in [1.807, 2.05) is 0 Å². The SMILES string of the molecule is CCCN(CCC#N)c1ccc2c(c1)CC1=CC(=NCC)C(C)=CC1=N2.CN. The van der Waals surface area contributed by atoms with Gasteiger partial charge in [-0.05, 0) is 74.4 Å². The minimum absolute atomic E-state index is 0.547. The summed E-state index contributed by atoms with van der Waals surface area (Å²) in [4.78, 5) is 11.8. The highest BCUT2D eigenvalue weighted by Gasteiger charge is 2.21. The number of anilines is 1. The van der Waals surface area contributed by atoms with E-state index in [0.717, 1.165) is 49.6 Å². The van der Waals surface area contributed by atoms with E-state index in [2.05, 4.69) is 72.8 Å². The summed E-state index contributed by atoms with van der Waals surface area (Å²) in [6, 6.07) is 8.74. The first kappa shape index (κ1) is 21.6. The third-order valence-electron chi connectivity index (χ3n) is 4.76. The number of nitrogens with two attached hydrogens (primary N) is 1. The lowest BCUT2D eigenvalue weighted by atomic mass is 9.89. The number of benzene rings is 1. The van der Waals surface area contributed by atoms with E-state index in [1.165, 1.54) is 29.4 Å². The van der Waals surface area contributed by atoms with Gasteiger partial charge < -0.3 is 10.6 Å². The van der Waals surface area contributed by atoms with Gasteiger partial charge in [-0.3, -0.25) is 4.99 Å². The molecule has 3 rings (SSSR count). The second-order valence-electron chi connectivity index (χ2n) is 6.74. The summed E-state index contributed by atoms with van der Waals surface area (Å²) in [6.07, 6.45) is 6.83. The summed E-state index contributed by atoms with van der Waals surface area (Å²) >= 11 is 0. The molecule has 0 amide bonds. The minimum Gasteiger partial charge on any atom is -0.371 e. The summed E-state index contributed by atoms with van der Waals surface area (Å²) in [5, 5.41) is 8.92. The Balaban J connectivity index is 0.00000136. The van der Waals surface area contributed by atoms with Crippen LogP contribution in [0, 0.1) is 11.3 Å². The second-order valence-corrected chi connectivity index (χ2v) is 6.74. The van der Waals surface area contributed by atoms with Gasteiger partial charge in [-0.2, -0.15) is 5.26 Å². The molecule has 2 N–H and O–H groups in total. The Labute approximate surface area is 169 Å². The van der Waals surface area contributed by atoms with E-state index < -0.39 is 0 Å². The summed E-state index contributed by atoms with van der Waals surface area (Å²) in [5.74, 6) is 0. The molecular weight excluding hydrogens is 346 g/mol. The maximum atomic E-state index is 8.92. The molecule has 0 atom stereocenters. The van der Waals surface area contributed by atoms with Crippen molar-refractivity contribution in [1.29, 1.82) is 5.26 Å². The van der Waals surface area contributed by atoms with Gasteiger partial charge in [-0.15, -0.1) is 0 Å². The number of fused-ring (bicyclic) bond motifs is 2. The van der Waals surface area contributed by atoms with Gasteiger partial charge in [0.2, 0.25) is 0 Å². The first-order chi connectivity index (χ1) is 13.7. The van der Waals surface area contributed by atoms with Crippen LogP contribution in [0.4, 0.5) is 11.4 Å². The first-order valence-electron chi connectivity index (χ1n) is 10.0. The van der Waals surface area contributed by atoms with Crippen molar-refractivity contribution in [1.82, 2.24) is 0 Å². The van der Waals surface area contributed by atoms with Crippen LogP contribution in [0.25, 0.3) is 0 Å². The van der Waals surface area contributed by atoms with Gasteiger partial charge in [-0.1, -0.05) is 6.92 Å². The standard InChI is InChI=1S/C22H26N4.CH5N/c1-4-10-26(11-6-9-23)19-7-8-20-17(14-19)13-18-15-21(24-5-2)16(3)12-22(18)25-20;1-2/h7-8,12,14-15H,4-6,10-11,13H2,1-3H3;2H2,1H3. The van der Waals surface area contributed by atoms with Crippen molar-refractivity contribution in [3.63, 3.8) is 0 Å². The summed E-state index contributed by atoms with van der Waals surface area (Å²) < 4.78 is 0. The Bertz CT molecular complexity index is 852. The number of rotatable bonds is 6. The maximum absolute atomic E-state index is 8.92. The predicted octanol–water partition coefficient (Wildman–Crippen LogP) is 4.37. The van der Waals surface area contributed by atoms with Crippen molar-refractivity contribution in [2.24, 2.45) is 15.7 Å². The van der Waals surface area contributed by atoms with E-state index in [4.69, 9.17) is 10.3 Å². The number of allylic oxidation sites excluding steroid dienone is 4. The molecule has 0 radical (unpaired) electrons. The van der Waals surface area contributed by atoms with E-state index in [1.54, 1.807) is 0 Å². The number of hydrogen-bond donors (Lipinski definition) is 1. The number of hydrogen-bond acceptors (Lipinski definition) is 5. The van der Waals surface area contributed by atoms with Crippen LogP contribution in [-0.4, -0.2) is 38.1 Å². The maximum Gasteiger partial charge on any atom is 0.0676 e. The Kier molecular flexibility index (Phi) is 8.16. The van der Waals surface area contributed by atoms with Crippen molar-refractivity contribution in [3.05, 3.63) is 47.1 Å². The molecule has 0 fully saturated rings.